The number of aromatic nitrogens is 1. The van der Waals surface area contributed by atoms with Crippen LogP contribution < -0.4 is 5.32 Å². The summed E-state index contributed by atoms with van der Waals surface area (Å²) in [4.78, 5) is 4.19. The minimum absolute atomic E-state index is 0.604. The zero-order valence-electron chi connectivity index (χ0n) is 11.4. The molecule has 1 saturated carbocycles. The lowest BCUT2D eigenvalue weighted by molar-refractivity contribution is 0.319. The third-order valence-electron chi connectivity index (χ3n) is 3.93. The van der Waals surface area contributed by atoms with Gasteiger partial charge in [0.1, 0.15) is 5.15 Å². The largest absolute Gasteiger partial charge is 0.381 e. The van der Waals surface area contributed by atoms with Crippen molar-refractivity contribution >= 4 is 17.3 Å². The Morgan fingerprint density at radius 3 is 2.67 bits per heavy atom. The van der Waals surface area contributed by atoms with E-state index in [1.165, 1.54) is 38.5 Å². The molecular formula is C15H23ClN2. The number of anilines is 1. The van der Waals surface area contributed by atoms with Gasteiger partial charge in [0.2, 0.25) is 0 Å². The zero-order valence-corrected chi connectivity index (χ0v) is 12.1. The molecule has 1 fully saturated rings. The van der Waals surface area contributed by atoms with E-state index in [0.717, 1.165) is 17.2 Å². The van der Waals surface area contributed by atoms with Gasteiger partial charge in [-0.2, -0.15) is 0 Å². The minimum Gasteiger partial charge on any atom is -0.381 e. The second-order valence-electron chi connectivity index (χ2n) is 5.48. The smallest absolute Gasteiger partial charge is 0.132 e. The van der Waals surface area contributed by atoms with Gasteiger partial charge in [-0.3, -0.25) is 0 Å². The van der Waals surface area contributed by atoms with Gasteiger partial charge in [0, 0.05) is 6.04 Å². The maximum Gasteiger partial charge on any atom is 0.132 e. The highest BCUT2D eigenvalue weighted by molar-refractivity contribution is 6.30. The predicted molar refractivity (Wildman–Crippen MR) is 78.3 cm³/mol. The topological polar surface area (TPSA) is 24.9 Å². The zero-order chi connectivity index (χ0) is 13.0. The monoisotopic (exact) mass is 266 g/mol. The van der Waals surface area contributed by atoms with Crippen LogP contribution in [0.25, 0.3) is 0 Å². The molecule has 18 heavy (non-hydrogen) atoms. The van der Waals surface area contributed by atoms with Crippen LogP contribution in [0.4, 0.5) is 5.69 Å². The summed E-state index contributed by atoms with van der Waals surface area (Å²) < 4.78 is 0. The van der Waals surface area contributed by atoms with Gasteiger partial charge in [0.25, 0.3) is 0 Å². The van der Waals surface area contributed by atoms with E-state index in [4.69, 9.17) is 11.6 Å². The SMILES string of the molecule is CCCC1CCC(Nc2cnc(Cl)c(C)c2)CC1. The highest BCUT2D eigenvalue weighted by Crippen LogP contribution is 2.29. The van der Waals surface area contributed by atoms with Crippen LogP contribution in [0.1, 0.15) is 51.0 Å². The fourth-order valence-electron chi connectivity index (χ4n) is 2.88. The third kappa shape index (κ3) is 3.61. The molecule has 0 saturated heterocycles. The van der Waals surface area contributed by atoms with Crippen LogP contribution in [0.2, 0.25) is 5.15 Å². The van der Waals surface area contributed by atoms with E-state index in [0.29, 0.717) is 11.2 Å². The summed E-state index contributed by atoms with van der Waals surface area (Å²) in [5.41, 5.74) is 2.15. The van der Waals surface area contributed by atoms with Crippen LogP contribution in [0.3, 0.4) is 0 Å². The molecule has 0 spiro atoms. The summed E-state index contributed by atoms with van der Waals surface area (Å²) in [6.07, 6.45) is 9.86. The van der Waals surface area contributed by atoms with Crippen molar-refractivity contribution < 1.29 is 0 Å². The van der Waals surface area contributed by atoms with Crippen molar-refractivity contribution in [3.05, 3.63) is 23.0 Å². The third-order valence-corrected chi connectivity index (χ3v) is 4.32. The first-order chi connectivity index (χ1) is 8.69. The molecule has 1 aromatic heterocycles. The second-order valence-corrected chi connectivity index (χ2v) is 5.84. The van der Waals surface area contributed by atoms with Gasteiger partial charge < -0.3 is 5.32 Å². The van der Waals surface area contributed by atoms with E-state index in [1.807, 2.05) is 13.1 Å². The van der Waals surface area contributed by atoms with Gasteiger partial charge in [-0.1, -0.05) is 31.4 Å². The van der Waals surface area contributed by atoms with Gasteiger partial charge in [0.15, 0.2) is 0 Å². The van der Waals surface area contributed by atoms with Gasteiger partial charge in [-0.25, -0.2) is 4.98 Å². The summed E-state index contributed by atoms with van der Waals surface area (Å²) in [6, 6.07) is 2.70. The Balaban J connectivity index is 1.85. The van der Waals surface area contributed by atoms with E-state index in [9.17, 15) is 0 Å². The van der Waals surface area contributed by atoms with Gasteiger partial charge in [0.05, 0.1) is 11.9 Å². The lowest BCUT2D eigenvalue weighted by Gasteiger charge is -2.29. The maximum absolute atomic E-state index is 5.94. The molecule has 0 atom stereocenters. The minimum atomic E-state index is 0.604. The molecule has 0 amide bonds. The molecule has 0 radical (unpaired) electrons. The Morgan fingerprint density at radius 2 is 2.06 bits per heavy atom. The molecule has 100 valence electrons. The van der Waals surface area contributed by atoms with Crippen LogP contribution in [0.15, 0.2) is 12.3 Å². The fraction of sp³-hybridized carbons (Fsp3) is 0.667. The van der Waals surface area contributed by atoms with E-state index in [1.54, 1.807) is 0 Å². The van der Waals surface area contributed by atoms with Crippen molar-refractivity contribution in [2.24, 2.45) is 5.92 Å². The highest BCUT2D eigenvalue weighted by Gasteiger charge is 2.20. The van der Waals surface area contributed by atoms with E-state index in [2.05, 4.69) is 23.3 Å². The predicted octanol–water partition coefficient (Wildman–Crippen LogP) is 4.81. The summed E-state index contributed by atoms with van der Waals surface area (Å²) in [5.74, 6) is 0.957. The van der Waals surface area contributed by atoms with E-state index >= 15 is 0 Å². The van der Waals surface area contributed by atoms with Gasteiger partial charge >= 0.3 is 0 Å². The summed E-state index contributed by atoms with van der Waals surface area (Å²) >= 11 is 5.94. The van der Waals surface area contributed by atoms with Crippen molar-refractivity contribution in [1.82, 2.24) is 4.98 Å². The molecule has 1 aliphatic carbocycles. The Labute approximate surface area is 115 Å². The number of pyridine rings is 1. The van der Waals surface area contributed by atoms with Crippen LogP contribution >= 0.6 is 11.6 Å². The normalized spacial score (nSPS) is 23.9. The molecule has 2 rings (SSSR count). The van der Waals surface area contributed by atoms with Gasteiger partial charge in [-0.15, -0.1) is 0 Å². The first kappa shape index (κ1) is 13.7. The first-order valence-corrected chi connectivity index (χ1v) is 7.45. The summed E-state index contributed by atoms with van der Waals surface area (Å²) in [7, 11) is 0. The molecule has 0 bridgehead atoms. The van der Waals surface area contributed by atoms with Crippen LogP contribution in [0.5, 0.6) is 0 Å². The molecule has 1 aliphatic rings. The average molecular weight is 267 g/mol. The second kappa shape index (κ2) is 6.42. The van der Waals surface area contributed by atoms with Crippen molar-refractivity contribution in [3.8, 4) is 0 Å². The number of aryl methyl sites for hydroxylation is 1. The molecule has 2 nitrogen and oxygen atoms in total. The van der Waals surface area contributed by atoms with E-state index < -0.39 is 0 Å². The highest BCUT2D eigenvalue weighted by atomic mass is 35.5. The average Bonchev–Trinajstić information content (AvgIpc) is 2.37. The number of nitrogens with zero attached hydrogens (tertiary/aromatic N) is 1. The number of hydrogen-bond acceptors (Lipinski definition) is 2. The molecular weight excluding hydrogens is 244 g/mol. The molecule has 0 aliphatic heterocycles. The molecule has 1 aromatic rings. The first-order valence-electron chi connectivity index (χ1n) is 7.07. The van der Waals surface area contributed by atoms with Crippen LogP contribution in [-0.4, -0.2) is 11.0 Å². The standard InChI is InChI=1S/C15H23ClN2/c1-3-4-12-5-7-13(8-6-12)18-14-9-11(2)15(16)17-10-14/h9-10,12-13,18H,3-8H2,1-2H3. The van der Waals surface area contributed by atoms with Crippen molar-refractivity contribution in [1.29, 1.82) is 0 Å². The molecule has 1 heterocycles. The Kier molecular flexibility index (Phi) is 4.87. The van der Waals surface area contributed by atoms with Crippen LogP contribution in [-0.2, 0) is 0 Å². The lowest BCUT2D eigenvalue weighted by atomic mass is 9.83. The van der Waals surface area contributed by atoms with Crippen molar-refractivity contribution in [2.75, 3.05) is 5.32 Å². The van der Waals surface area contributed by atoms with Crippen molar-refractivity contribution in [2.45, 2.75) is 58.4 Å². The summed E-state index contributed by atoms with van der Waals surface area (Å²) in [5, 5.41) is 4.19. The Morgan fingerprint density at radius 1 is 1.33 bits per heavy atom. The molecule has 3 heteroatoms. The Hall–Kier alpha value is -0.760. The number of hydrogen-bond donors (Lipinski definition) is 1. The molecule has 0 unspecified atom stereocenters. The number of nitrogens with one attached hydrogen (secondary N) is 1. The van der Waals surface area contributed by atoms with Crippen molar-refractivity contribution in [3.63, 3.8) is 0 Å². The lowest BCUT2D eigenvalue weighted by Crippen LogP contribution is -2.26. The molecule has 1 N–H and O–H groups in total. The number of rotatable bonds is 4. The Bertz CT molecular complexity index is 384. The number of halogens is 1. The maximum atomic E-state index is 5.94. The summed E-state index contributed by atoms with van der Waals surface area (Å²) in [6.45, 7) is 4.28. The fourth-order valence-corrected chi connectivity index (χ4v) is 2.98. The van der Waals surface area contributed by atoms with Gasteiger partial charge in [-0.05, 0) is 50.2 Å². The quantitative estimate of drug-likeness (QED) is 0.791. The van der Waals surface area contributed by atoms with E-state index in [-0.39, 0.29) is 0 Å². The molecule has 0 aromatic carbocycles. The van der Waals surface area contributed by atoms with Crippen LogP contribution in [0, 0.1) is 12.8 Å².